The standard InChI is InChI=1S/2C5H7FO3S/c6-5-1-3-9-10(7,8)4-2-5;6-5-2-1-3-9-10(7,8)4-5/h2*2H,1,3-4H2. The Morgan fingerprint density at radius 2 is 1.55 bits per heavy atom. The van der Waals surface area contributed by atoms with Crippen LogP contribution in [0.2, 0.25) is 0 Å². The van der Waals surface area contributed by atoms with Crippen LogP contribution in [0.3, 0.4) is 0 Å². The summed E-state index contributed by atoms with van der Waals surface area (Å²) in [5.41, 5.74) is 0. The van der Waals surface area contributed by atoms with Crippen LogP contribution in [0.4, 0.5) is 8.78 Å². The van der Waals surface area contributed by atoms with Crippen molar-refractivity contribution in [2.45, 2.75) is 12.8 Å². The number of rotatable bonds is 0. The Morgan fingerprint density at radius 1 is 0.900 bits per heavy atom. The van der Waals surface area contributed by atoms with E-state index in [1.165, 1.54) is 6.08 Å². The number of halogens is 2. The molecule has 6 nitrogen and oxygen atoms in total. The highest BCUT2D eigenvalue weighted by Gasteiger charge is 2.16. The Balaban J connectivity index is 0.000000200. The molecule has 2 aliphatic rings. The summed E-state index contributed by atoms with van der Waals surface area (Å²) in [4.78, 5) is 0. The molecule has 0 aromatic heterocycles. The lowest BCUT2D eigenvalue weighted by atomic mass is 10.4. The van der Waals surface area contributed by atoms with E-state index in [-0.39, 0.29) is 25.4 Å². The largest absolute Gasteiger partial charge is 0.273 e. The van der Waals surface area contributed by atoms with Gasteiger partial charge in [-0.2, -0.15) is 16.8 Å². The van der Waals surface area contributed by atoms with E-state index in [1.54, 1.807) is 0 Å². The molecule has 10 heteroatoms. The molecule has 0 unspecified atom stereocenters. The molecule has 0 radical (unpaired) electrons. The Bertz CT molecular complexity index is 591. The predicted molar refractivity (Wildman–Crippen MR) is 67.1 cm³/mol. The first kappa shape index (κ1) is 17.2. The fourth-order valence-corrected chi connectivity index (χ4v) is 2.98. The quantitative estimate of drug-likeness (QED) is 0.619. The van der Waals surface area contributed by atoms with Crippen LogP contribution >= 0.6 is 0 Å². The zero-order chi connectivity index (χ0) is 15.2. The summed E-state index contributed by atoms with van der Waals surface area (Å²) >= 11 is 0. The van der Waals surface area contributed by atoms with Gasteiger partial charge in [0, 0.05) is 6.42 Å². The molecule has 0 aromatic carbocycles. The Kier molecular flexibility index (Phi) is 6.24. The summed E-state index contributed by atoms with van der Waals surface area (Å²) in [5.74, 6) is -2.01. The molecule has 0 fully saturated rings. The molecule has 2 aliphatic heterocycles. The van der Waals surface area contributed by atoms with Crippen LogP contribution in [0, 0.1) is 0 Å². The van der Waals surface area contributed by atoms with Gasteiger partial charge in [-0.15, -0.1) is 0 Å². The second-order valence-corrected chi connectivity index (χ2v) is 7.24. The molecule has 0 N–H and O–H groups in total. The molecule has 0 saturated carbocycles. The molecule has 116 valence electrons. The lowest BCUT2D eigenvalue weighted by Crippen LogP contribution is -2.08. The van der Waals surface area contributed by atoms with Crippen LogP contribution in [-0.2, 0) is 28.6 Å². The van der Waals surface area contributed by atoms with Gasteiger partial charge in [0.2, 0.25) is 0 Å². The van der Waals surface area contributed by atoms with Crippen molar-refractivity contribution in [2.75, 3.05) is 24.7 Å². The molecule has 0 spiro atoms. The van der Waals surface area contributed by atoms with Crippen molar-refractivity contribution in [3.8, 4) is 0 Å². The van der Waals surface area contributed by atoms with Crippen molar-refractivity contribution in [2.24, 2.45) is 0 Å². The van der Waals surface area contributed by atoms with Crippen molar-refractivity contribution in [1.82, 2.24) is 0 Å². The maximum absolute atomic E-state index is 12.3. The van der Waals surface area contributed by atoms with E-state index in [2.05, 4.69) is 8.37 Å². The third-order valence-electron chi connectivity index (χ3n) is 2.17. The van der Waals surface area contributed by atoms with Crippen molar-refractivity contribution in [3.05, 3.63) is 23.8 Å². The van der Waals surface area contributed by atoms with Gasteiger partial charge >= 0.3 is 0 Å². The molecule has 0 saturated heterocycles. The summed E-state index contributed by atoms with van der Waals surface area (Å²) in [5, 5.41) is 0. The molecule has 0 bridgehead atoms. The maximum atomic E-state index is 12.3. The summed E-state index contributed by atoms with van der Waals surface area (Å²) in [6.07, 6.45) is 2.64. The fourth-order valence-electron chi connectivity index (χ4n) is 1.27. The molecular formula is C10H14F2O6S2. The molecular weight excluding hydrogens is 318 g/mol. The second kappa shape index (κ2) is 7.25. The molecule has 2 heterocycles. The normalized spacial score (nSPS) is 25.1. The van der Waals surface area contributed by atoms with Crippen LogP contribution in [0.5, 0.6) is 0 Å². The first-order valence-electron chi connectivity index (χ1n) is 5.63. The van der Waals surface area contributed by atoms with E-state index in [0.717, 1.165) is 6.08 Å². The molecule has 20 heavy (non-hydrogen) atoms. The third kappa shape index (κ3) is 7.08. The lowest BCUT2D eigenvalue weighted by Gasteiger charge is -1.96. The van der Waals surface area contributed by atoms with Crippen molar-refractivity contribution in [1.29, 1.82) is 0 Å². The van der Waals surface area contributed by atoms with Gasteiger partial charge < -0.3 is 0 Å². The fraction of sp³-hybridized carbons (Fsp3) is 0.600. The summed E-state index contributed by atoms with van der Waals surface area (Å²) in [7, 11) is -7.08. The van der Waals surface area contributed by atoms with E-state index in [1.807, 2.05) is 0 Å². The van der Waals surface area contributed by atoms with Gasteiger partial charge in [-0.3, -0.25) is 8.37 Å². The minimum atomic E-state index is -3.61. The minimum absolute atomic E-state index is 0.0513. The van der Waals surface area contributed by atoms with Crippen LogP contribution in [0.1, 0.15) is 12.8 Å². The highest BCUT2D eigenvalue weighted by atomic mass is 32.2. The summed E-state index contributed by atoms with van der Waals surface area (Å²) in [6.45, 7) is -0.0274. The van der Waals surface area contributed by atoms with E-state index in [0.29, 0.717) is 6.42 Å². The summed E-state index contributed by atoms with van der Waals surface area (Å²) in [6, 6.07) is 0. The Labute approximate surface area is 116 Å². The van der Waals surface area contributed by atoms with E-state index < -0.39 is 37.6 Å². The van der Waals surface area contributed by atoms with Gasteiger partial charge in [-0.1, -0.05) is 0 Å². The van der Waals surface area contributed by atoms with Gasteiger partial charge in [0.05, 0.1) is 24.8 Å². The van der Waals surface area contributed by atoms with Crippen LogP contribution in [0.25, 0.3) is 0 Å². The molecule has 0 amide bonds. The van der Waals surface area contributed by atoms with Gasteiger partial charge in [0.15, 0.2) is 0 Å². The zero-order valence-corrected chi connectivity index (χ0v) is 12.1. The molecule has 0 atom stereocenters. The zero-order valence-electron chi connectivity index (χ0n) is 10.4. The summed E-state index contributed by atoms with van der Waals surface area (Å²) < 4.78 is 75.6. The van der Waals surface area contributed by atoms with Gasteiger partial charge in [-0.25, -0.2) is 8.78 Å². The predicted octanol–water partition coefficient (Wildman–Crippen LogP) is 1.18. The Hall–Kier alpha value is -0.840. The van der Waals surface area contributed by atoms with Crippen molar-refractivity contribution >= 4 is 20.2 Å². The second-order valence-electron chi connectivity index (χ2n) is 3.91. The molecule has 0 aliphatic carbocycles. The smallest absolute Gasteiger partial charge is 0.269 e. The Morgan fingerprint density at radius 3 is 2.25 bits per heavy atom. The van der Waals surface area contributed by atoms with Gasteiger partial charge in [-0.05, 0) is 18.6 Å². The van der Waals surface area contributed by atoms with E-state index in [9.17, 15) is 25.6 Å². The number of hydrogen-bond acceptors (Lipinski definition) is 6. The maximum Gasteiger partial charge on any atom is 0.273 e. The van der Waals surface area contributed by atoms with E-state index >= 15 is 0 Å². The van der Waals surface area contributed by atoms with Crippen LogP contribution < -0.4 is 0 Å². The molecule has 0 aromatic rings. The highest BCUT2D eigenvalue weighted by molar-refractivity contribution is 7.87. The van der Waals surface area contributed by atoms with Crippen LogP contribution in [0.15, 0.2) is 23.8 Å². The SMILES string of the molecule is O=S1(=O)CC(F)=CCCO1.O=S1(=O)CC=C(F)CCO1. The topological polar surface area (TPSA) is 86.7 Å². The van der Waals surface area contributed by atoms with Crippen molar-refractivity contribution in [3.63, 3.8) is 0 Å². The highest BCUT2D eigenvalue weighted by Crippen LogP contribution is 2.11. The molecule has 2 rings (SSSR count). The van der Waals surface area contributed by atoms with E-state index in [4.69, 9.17) is 0 Å². The third-order valence-corrected chi connectivity index (χ3v) is 4.43. The first-order valence-corrected chi connectivity index (χ1v) is 8.79. The van der Waals surface area contributed by atoms with Gasteiger partial charge in [0.25, 0.3) is 20.2 Å². The lowest BCUT2D eigenvalue weighted by molar-refractivity contribution is 0.318. The first-order chi connectivity index (χ1) is 9.20. The van der Waals surface area contributed by atoms with Crippen LogP contribution in [-0.4, -0.2) is 41.6 Å². The van der Waals surface area contributed by atoms with Crippen molar-refractivity contribution < 1.29 is 34.0 Å². The minimum Gasteiger partial charge on any atom is -0.269 e. The monoisotopic (exact) mass is 332 g/mol. The van der Waals surface area contributed by atoms with Gasteiger partial charge in [0.1, 0.15) is 11.6 Å². The average Bonchev–Trinajstić information content (AvgIpc) is 2.56. The average molecular weight is 332 g/mol. The number of hydrogen-bond donors (Lipinski definition) is 0.